The number of benzene rings is 1. The predicted octanol–water partition coefficient (Wildman–Crippen LogP) is 2.70. The van der Waals surface area contributed by atoms with Crippen LogP contribution in [0.4, 0.5) is 0 Å². The molecular formula is C21H32IN5O. The Labute approximate surface area is 184 Å². The van der Waals surface area contributed by atoms with Gasteiger partial charge >= 0.3 is 0 Å². The van der Waals surface area contributed by atoms with E-state index >= 15 is 0 Å². The van der Waals surface area contributed by atoms with Crippen molar-refractivity contribution in [2.75, 3.05) is 52.5 Å². The number of hydrogen-bond donors (Lipinski definition) is 2. The van der Waals surface area contributed by atoms with Gasteiger partial charge in [0.1, 0.15) is 0 Å². The number of morpholine rings is 1. The molecule has 1 unspecified atom stereocenters. The quantitative estimate of drug-likeness (QED) is 0.379. The van der Waals surface area contributed by atoms with Crippen molar-refractivity contribution in [1.29, 1.82) is 0 Å². The van der Waals surface area contributed by atoms with Gasteiger partial charge in [0.15, 0.2) is 5.96 Å². The summed E-state index contributed by atoms with van der Waals surface area (Å²) in [6.45, 7) is 9.88. The summed E-state index contributed by atoms with van der Waals surface area (Å²) in [7, 11) is 0. The van der Waals surface area contributed by atoms with Crippen molar-refractivity contribution in [2.45, 2.75) is 25.8 Å². The number of guanidine groups is 1. The molecule has 0 amide bonds. The number of rotatable bonds is 5. The monoisotopic (exact) mass is 497 g/mol. The molecule has 1 atom stereocenters. The normalized spacial score (nSPS) is 21.1. The number of nitrogens with zero attached hydrogens (tertiary/aromatic N) is 3. The van der Waals surface area contributed by atoms with Crippen LogP contribution in [0.25, 0.3) is 10.9 Å². The highest BCUT2D eigenvalue weighted by molar-refractivity contribution is 14.0. The molecule has 6 nitrogen and oxygen atoms in total. The maximum atomic E-state index is 5.50. The topological polar surface area (TPSA) is 55.9 Å². The lowest BCUT2D eigenvalue weighted by Crippen LogP contribution is -2.46. The second-order valence-corrected chi connectivity index (χ2v) is 7.38. The molecule has 0 radical (unpaired) electrons. The minimum absolute atomic E-state index is 0. The van der Waals surface area contributed by atoms with Crippen molar-refractivity contribution in [1.82, 2.24) is 20.1 Å². The predicted molar refractivity (Wildman–Crippen MR) is 126 cm³/mol. The molecular weight excluding hydrogens is 465 g/mol. The van der Waals surface area contributed by atoms with Crippen LogP contribution in [0.1, 0.15) is 18.9 Å². The Morgan fingerprint density at radius 1 is 1.25 bits per heavy atom. The van der Waals surface area contributed by atoms with Crippen molar-refractivity contribution in [2.24, 2.45) is 4.99 Å². The number of fused-ring (bicyclic) bond motifs is 1. The van der Waals surface area contributed by atoms with Gasteiger partial charge < -0.3 is 19.9 Å². The Kier molecular flexibility index (Phi) is 7.99. The van der Waals surface area contributed by atoms with E-state index in [1.807, 2.05) is 0 Å². The summed E-state index contributed by atoms with van der Waals surface area (Å²) in [5, 5.41) is 4.80. The zero-order chi connectivity index (χ0) is 18.5. The number of nitrogens with one attached hydrogen (secondary N) is 2. The van der Waals surface area contributed by atoms with Crippen LogP contribution >= 0.6 is 24.0 Å². The molecule has 2 aliphatic rings. The molecule has 7 heteroatoms. The first-order valence-corrected chi connectivity index (χ1v) is 10.2. The molecule has 2 aliphatic heterocycles. The summed E-state index contributed by atoms with van der Waals surface area (Å²) in [5.74, 6) is 1.06. The number of para-hydroxylation sites is 1. The van der Waals surface area contributed by atoms with Gasteiger partial charge in [-0.05, 0) is 31.4 Å². The van der Waals surface area contributed by atoms with Crippen LogP contribution in [-0.4, -0.2) is 79.3 Å². The molecule has 3 heterocycles. The molecule has 1 aromatic heterocycles. The van der Waals surface area contributed by atoms with Gasteiger partial charge in [-0.25, -0.2) is 0 Å². The third-order valence-corrected chi connectivity index (χ3v) is 5.68. The molecule has 0 aliphatic carbocycles. The summed E-state index contributed by atoms with van der Waals surface area (Å²) in [6, 6.07) is 9.11. The maximum absolute atomic E-state index is 5.50. The Morgan fingerprint density at radius 3 is 2.89 bits per heavy atom. The average molecular weight is 497 g/mol. The van der Waals surface area contributed by atoms with Crippen LogP contribution < -0.4 is 5.32 Å². The lowest BCUT2D eigenvalue weighted by atomic mass is 10.1. The summed E-state index contributed by atoms with van der Waals surface area (Å²) in [5.41, 5.74) is 2.55. The van der Waals surface area contributed by atoms with Crippen molar-refractivity contribution in [3.05, 3.63) is 36.0 Å². The van der Waals surface area contributed by atoms with Crippen LogP contribution in [0, 0.1) is 0 Å². The number of hydrogen-bond acceptors (Lipinski definition) is 3. The molecule has 28 heavy (non-hydrogen) atoms. The second-order valence-electron chi connectivity index (χ2n) is 7.38. The fraction of sp³-hybridized carbons (Fsp3) is 0.571. The highest BCUT2D eigenvalue weighted by Crippen LogP contribution is 2.19. The van der Waals surface area contributed by atoms with E-state index in [0.29, 0.717) is 6.04 Å². The van der Waals surface area contributed by atoms with Crippen LogP contribution in [-0.2, 0) is 11.2 Å². The van der Waals surface area contributed by atoms with Gasteiger partial charge in [-0.1, -0.05) is 18.2 Å². The first kappa shape index (κ1) is 21.4. The van der Waals surface area contributed by atoms with E-state index < -0.39 is 0 Å². The zero-order valence-electron chi connectivity index (χ0n) is 16.7. The van der Waals surface area contributed by atoms with Gasteiger partial charge in [0, 0.05) is 62.4 Å². The minimum Gasteiger partial charge on any atom is -0.379 e. The standard InChI is InChI=1S/C21H31N5O.HI/c1-2-22-21(26-10-8-18(16-26)25-11-13-27-14-12-25)23-9-7-17-15-24-20-6-4-3-5-19(17)20;/h3-6,15,18,24H,2,7-14,16H2,1H3,(H,22,23);1H. The van der Waals surface area contributed by atoms with E-state index in [1.165, 1.54) is 22.9 Å². The van der Waals surface area contributed by atoms with Gasteiger partial charge in [-0.15, -0.1) is 24.0 Å². The van der Waals surface area contributed by atoms with E-state index in [-0.39, 0.29) is 24.0 Å². The van der Waals surface area contributed by atoms with Crippen LogP contribution in [0.2, 0.25) is 0 Å². The van der Waals surface area contributed by atoms with E-state index in [9.17, 15) is 0 Å². The van der Waals surface area contributed by atoms with Crippen LogP contribution in [0.15, 0.2) is 35.5 Å². The number of aliphatic imine (C=N–C) groups is 1. The van der Waals surface area contributed by atoms with Crippen molar-refractivity contribution < 1.29 is 4.74 Å². The smallest absolute Gasteiger partial charge is 0.193 e. The first-order valence-electron chi connectivity index (χ1n) is 10.2. The van der Waals surface area contributed by atoms with E-state index in [1.54, 1.807) is 0 Å². The third kappa shape index (κ3) is 4.99. The molecule has 0 bridgehead atoms. The van der Waals surface area contributed by atoms with E-state index in [2.05, 4.69) is 57.5 Å². The lowest BCUT2D eigenvalue weighted by molar-refractivity contribution is 0.0195. The highest BCUT2D eigenvalue weighted by Gasteiger charge is 2.30. The molecule has 1 aromatic carbocycles. The molecule has 2 fully saturated rings. The van der Waals surface area contributed by atoms with Crippen LogP contribution in [0.3, 0.4) is 0 Å². The molecule has 154 valence electrons. The Balaban J connectivity index is 0.00000225. The SMILES string of the molecule is CCNC(=NCCc1c[nH]c2ccccc12)N1CCC(N2CCOCC2)C1.I. The van der Waals surface area contributed by atoms with Gasteiger partial charge in [0.05, 0.1) is 13.2 Å². The fourth-order valence-corrected chi connectivity index (χ4v) is 4.22. The summed E-state index contributed by atoms with van der Waals surface area (Å²) in [4.78, 5) is 13.3. The number of aromatic nitrogens is 1. The van der Waals surface area contributed by atoms with Crippen LogP contribution in [0.5, 0.6) is 0 Å². The third-order valence-electron chi connectivity index (χ3n) is 5.68. The number of halogens is 1. The molecule has 0 spiro atoms. The summed E-state index contributed by atoms with van der Waals surface area (Å²) < 4.78 is 5.50. The maximum Gasteiger partial charge on any atom is 0.193 e. The molecule has 2 N–H and O–H groups in total. The lowest BCUT2D eigenvalue weighted by Gasteiger charge is -2.32. The second kappa shape index (κ2) is 10.5. The largest absolute Gasteiger partial charge is 0.379 e. The Morgan fingerprint density at radius 2 is 2.07 bits per heavy atom. The van der Waals surface area contributed by atoms with E-state index in [0.717, 1.165) is 64.9 Å². The summed E-state index contributed by atoms with van der Waals surface area (Å²) in [6.07, 6.45) is 4.30. The molecule has 2 saturated heterocycles. The Hall–Kier alpha value is -1.32. The van der Waals surface area contributed by atoms with Crippen molar-refractivity contribution >= 4 is 40.8 Å². The van der Waals surface area contributed by atoms with Gasteiger partial charge in [-0.3, -0.25) is 9.89 Å². The fourth-order valence-electron chi connectivity index (χ4n) is 4.22. The number of likely N-dealkylation sites (tertiary alicyclic amines) is 1. The highest BCUT2D eigenvalue weighted by atomic mass is 127. The molecule has 4 rings (SSSR count). The molecule has 2 aromatic rings. The van der Waals surface area contributed by atoms with Crippen molar-refractivity contribution in [3.63, 3.8) is 0 Å². The summed E-state index contributed by atoms with van der Waals surface area (Å²) >= 11 is 0. The van der Waals surface area contributed by atoms with E-state index in [4.69, 9.17) is 9.73 Å². The zero-order valence-corrected chi connectivity index (χ0v) is 19.0. The minimum atomic E-state index is 0. The number of aromatic amines is 1. The van der Waals surface area contributed by atoms with Crippen molar-refractivity contribution in [3.8, 4) is 0 Å². The average Bonchev–Trinajstić information content (AvgIpc) is 3.36. The number of H-pyrrole nitrogens is 1. The Bertz CT molecular complexity index is 771. The first-order chi connectivity index (χ1) is 13.3. The van der Waals surface area contributed by atoms with Gasteiger partial charge in [0.2, 0.25) is 0 Å². The van der Waals surface area contributed by atoms with Gasteiger partial charge in [0.25, 0.3) is 0 Å². The number of ether oxygens (including phenoxy) is 1. The molecule has 0 saturated carbocycles. The van der Waals surface area contributed by atoms with Gasteiger partial charge in [-0.2, -0.15) is 0 Å².